The summed E-state index contributed by atoms with van der Waals surface area (Å²) in [7, 11) is 0. The lowest BCUT2D eigenvalue weighted by Gasteiger charge is -2.36. The Morgan fingerprint density at radius 2 is 1.64 bits per heavy atom. The van der Waals surface area contributed by atoms with Crippen LogP contribution in [0, 0.1) is 0 Å². The van der Waals surface area contributed by atoms with Gasteiger partial charge in [0.25, 0.3) is 0 Å². The number of carboxylic acids is 2. The molecule has 0 aliphatic carbocycles. The van der Waals surface area contributed by atoms with Crippen molar-refractivity contribution in [2.75, 3.05) is 19.6 Å². The largest absolute Gasteiger partial charge is 0.481 e. The van der Waals surface area contributed by atoms with Gasteiger partial charge in [0, 0.05) is 6.42 Å². The van der Waals surface area contributed by atoms with Crippen molar-refractivity contribution in [3.63, 3.8) is 0 Å². The molecule has 1 aliphatic rings. The van der Waals surface area contributed by atoms with Gasteiger partial charge in [0.2, 0.25) is 0 Å². The van der Waals surface area contributed by atoms with Crippen LogP contribution in [-0.2, 0) is 20.8 Å². The number of ketones is 1. The Labute approximate surface area is 196 Å². The van der Waals surface area contributed by atoms with Gasteiger partial charge in [0.15, 0.2) is 5.78 Å². The van der Waals surface area contributed by atoms with Crippen molar-refractivity contribution in [3.05, 3.63) is 35.9 Å². The zero-order valence-electron chi connectivity index (χ0n) is 19.5. The van der Waals surface area contributed by atoms with Gasteiger partial charge in [-0.2, -0.15) is 0 Å². The summed E-state index contributed by atoms with van der Waals surface area (Å²) in [5.74, 6) is -2.01. The number of nitrogens with zero attached hydrogens (tertiary/aromatic N) is 1. The second kappa shape index (κ2) is 14.8. The number of carboxylic acid groups (broad SMARTS) is 2. The van der Waals surface area contributed by atoms with E-state index in [0.29, 0.717) is 32.2 Å². The molecule has 0 aromatic heterocycles. The second-order valence-electron chi connectivity index (χ2n) is 8.87. The molecule has 1 aromatic rings. The number of aryl methyl sites for hydroxylation is 1. The van der Waals surface area contributed by atoms with E-state index in [0.717, 1.165) is 44.3 Å². The molecule has 1 heterocycles. The minimum Gasteiger partial charge on any atom is -0.481 e. The average Bonchev–Trinajstić information content (AvgIpc) is 2.81. The lowest BCUT2D eigenvalue weighted by molar-refractivity contribution is -0.140. The number of hydrogen-bond donors (Lipinski definition) is 4. The van der Waals surface area contributed by atoms with E-state index < -0.39 is 30.1 Å². The topological polar surface area (TPSA) is 133 Å². The monoisotopic (exact) mass is 461 g/mol. The summed E-state index contributed by atoms with van der Waals surface area (Å²) in [6, 6.07) is 7.66. The molecule has 8 heteroatoms. The number of benzene rings is 1. The summed E-state index contributed by atoms with van der Waals surface area (Å²) in [6.07, 6.45) is 6.12. The number of piperidine rings is 1. The second-order valence-corrected chi connectivity index (χ2v) is 8.87. The molecule has 3 atom stereocenters. The van der Waals surface area contributed by atoms with Gasteiger partial charge >= 0.3 is 11.9 Å². The number of hydrogen-bond acceptors (Lipinski definition) is 6. The fourth-order valence-electron chi connectivity index (χ4n) is 4.50. The molecule has 0 saturated carbocycles. The first-order valence-corrected chi connectivity index (χ1v) is 12.1. The Balaban J connectivity index is 2.15. The molecule has 184 valence electrons. The van der Waals surface area contributed by atoms with Gasteiger partial charge in [0.05, 0.1) is 12.1 Å². The first-order valence-electron chi connectivity index (χ1n) is 12.1. The number of aliphatic carboxylic acids is 2. The highest BCUT2D eigenvalue weighted by molar-refractivity contribution is 5.90. The number of nitrogens with two attached hydrogens (primary N) is 1. The fourth-order valence-corrected chi connectivity index (χ4v) is 4.50. The Kier molecular flexibility index (Phi) is 12.1. The van der Waals surface area contributed by atoms with Crippen molar-refractivity contribution in [1.29, 1.82) is 0 Å². The lowest BCUT2D eigenvalue weighted by atomic mass is 9.92. The first kappa shape index (κ1) is 27.0. The summed E-state index contributed by atoms with van der Waals surface area (Å²) < 4.78 is 0. The Morgan fingerprint density at radius 3 is 2.24 bits per heavy atom. The Morgan fingerprint density at radius 1 is 0.939 bits per heavy atom. The van der Waals surface area contributed by atoms with Crippen molar-refractivity contribution in [2.45, 2.75) is 82.3 Å². The molecule has 1 aliphatic heterocycles. The summed E-state index contributed by atoms with van der Waals surface area (Å²) >= 11 is 0. The Bertz CT molecular complexity index is 737. The van der Waals surface area contributed by atoms with Crippen LogP contribution in [0.3, 0.4) is 0 Å². The zero-order chi connectivity index (χ0) is 24.1. The molecule has 33 heavy (non-hydrogen) atoms. The maximum atomic E-state index is 13.7. The number of unbranched alkanes of at least 4 members (excludes halogenated alkanes) is 1. The summed E-state index contributed by atoms with van der Waals surface area (Å²) in [6.45, 7) is 2.04. The van der Waals surface area contributed by atoms with Crippen molar-refractivity contribution in [1.82, 2.24) is 10.2 Å². The van der Waals surface area contributed by atoms with Gasteiger partial charge < -0.3 is 15.9 Å². The first-order chi connectivity index (χ1) is 15.9. The summed E-state index contributed by atoms with van der Waals surface area (Å²) in [5, 5.41) is 22.2. The van der Waals surface area contributed by atoms with Crippen LogP contribution < -0.4 is 11.1 Å². The van der Waals surface area contributed by atoms with Gasteiger partial charge in [-0.25, -0.2) is 0 Å². The van der Waals surface area contributed by atoms with Crippen LogP contribution in [0.2, 0.25) is 0 Å². The fraction of sp³-hybridized carbons (Fsp3) is 0.640. The van der Waals surface area contributed by atoms with Crippen LogP contribution in [-0.4, -0.2) is 70.6 Å². The molecule has 0 bridgehead atoms. The van der Waals surface area contributed by atoms with Gasteiger partial charge in [-0.3, -0.25) is 24.6 Å². The quantitative estimate of drug-likeness (QED) is 0.276. The van der Waals surface area contributed by atoms with Crippen LogP contribution in [0.4, 0.5) is 0 Å². The van der Waals surface area contributed by atoms with Crippen LogP contribution in [0.25, 0.3) is 0 Å². The predicted molar refractivity (Wildman–Crippen MR) is 127 cm³/mol. The molecule has 0 radical (unpaired) electrons. The summed E-state index contributed by atoms with van der Waals surface area (Å²) in [5.41, 5.74) is 6.68. The molecule has 0 unspecified atom stereocenters. The number of nitrogens with one attached hydrogen (secondary N) is 1. The van der Waals surface area contributed by atoms with Gasteiger partial charge in [-0.05, 0) is 70.1 Å². The number of rotatable bonds is 16. The highest BCUT2D eigenvalue weighted by Gasteiger charge is 2.34. The van der Waals surface area contributed by atoms with Crippen LogP contribution in [0.1, 0.15) is 63.4 Å². The zero-order valence-corrected chi connectivity index (χ0v) is 19.5. The minimum absolute atomic E-state index is 0.0845. The number of carbonyl (C=O) groups excluding carboxylic acids is 1. The molecule has 0 spiro atoms. The number of Topliss-reactive ketones (excluding diaryl/α,β-unsaturated/α-hetero) is 1. The minimum atomic E-state index is -0.984. The maximum Gasteiger partial charge on any atom is 0.320 e. The van der Waals surface area contributed by atoms with Gasteiger partial charge in [-0.1, -0.05) is 43.2 Å². The van der Waals surface area contributed by atoms with Gasteiger partial charge in [-0.15, -0.1) is 0 Å². The molecular weight excluding hydrogens is 422 g/mol. The SMILES string of the molecule is NCCCC[C@H](N[C@@H](CCc1ccccc1)C(=O)O)C(=O)[C@H](CCC(=O)O)N1CCCCC1. The van der Waals surface area contributed by atoms with E-state index in [1.54, 1.807) is 0 Å². The molecule has 0 amide bonds. The lowest BCUT2D eigenvalue weighted by Crippen LogP contribution is -2.54. The van der Waals surface area contributed by atoms with Crippen molar-refractivity contribution >= 4 is 17.7 Å². The van der Waals surface area contributed by atoms with Crippen molar-refractivity contribution in [3.8, 4) is 0 Å². The van der Waals surface area contributed by atoms with Crippen molar-refractivity contribution < 1.29 is 24.6 Å². The summed E-state index contributed by atoms with van der Waals surface area (Å²) in [4.78, 5) is 39.0. The average molecular weight is 462 g/mol. The standard InChI is InChI=1S/C25H39N3O5/c26-16-6-5-11-20(27-21(25(32)33)13-12-19-9-3-1-4-10-19)24(31)22(14-15-23(29)30)28-17-7-2-8-18-28/h1,3-4,9-10,20-22,27H,2,5-8,11-18,26H2,(H,29,30)(H,32,33)/t20-,21-,22-/m0/s1. The smallest absolute Gasteiger partial charge is 0.320 e. The highest BCUT2D eigenvalue weighted by atomic mass is 16.4. The number of likely N-dealkylation sites (tertiary alicyclic amines) is 1. The van der Waals surface area contributed by atoms with Crippen LogP contribution >= 0.6 is 0 Å². The van der Waals surface area contributed by atoms with E-state index in [1.807, 2.05) is 30.3 Å². The molecule has 5 N–H and O–H groups in total. The molecule has 1 fully saturated rings. The molecular formula is C25H39N3O5. The third kappa shape index (κ3) is 9.61. The van der Waals surface area contributed by atoms with E-state index in [2.05, 4.69) is 10.2 Å². The molecule has 8 nitrogen and oxygen atoms in total. The van der Waals surface area contributed by atoms with E-state index in [9.17, 15) is 24.6 Å². The van der Waals surface area contributed by atoms with E-state index >= 15 is 0 Å². The molecule has 2 rings (SSSR count). The molecule has 1 saturated heterocycles. The van der Waals surface area contributed by atoms with Crippen molar-refractivity contribution in [2.24, 2.45) is 5.73 Å². The van der Waals surface area contributed by atoms with Crippen LogP contribution in [0.5, 0.6) is 0 Å². The Hall–Kier alpha value is -2.29. The van der Waals surface area contributed by atoms with E-state index in [1.165, 1.54) is 0 Å². The predicted octanol–water partition coefficient (Wildman–Crippen LogP) is 2.45. The normalized spacial score (nSPS) is 17.2. The van der Waals surface area contributed by atoms with Gasteiger partial charge in [0.1, 0.15) is 6.04 Å². The third-order valence-electron chi connectivity index (χ3n) is 6.35. The number of carbonyl (C=O) groups is 3. The third-order valence-corrected chi connectivity index (χ3v) is 6.35. The van der Waals surface area contributed by atoms with Crippen LogP contribution in [0.15, 0.2) is 30.3 Å². The maximum absolute atomic E-state index is 13.7. The molecule has 1 aromatic carbocycles. The van der Waals surface area contributed by atoms with E-state index in [-0.39, 0.29) is 18.6 Å². The van der Waals surface area contributed by atoms with E-state index in [4.69, 9.17) is 5.73 Å². The highest BCUT2D eigenvalue weighted by Crippen LogP contribution is 2.20.